The van der Waals surface area contributed by atoms with Crippen LogP contribution in [0.25, 0.3) is 72.0 Å². The first-order chi connectivity index (χ1) is 29.0. The van der Waals surface area contributed by atoms with Crippen LogP contribution in [-0.4, -0.2) is 4.57 Å². The van der Waals surface area contributed by atoms with E-state index in [0.717, 1.165) is 22.7 Å². The van der Waals surface area contributed by atoms with Crippen LogP contribution in [0.15, 0.2) is 218 Å². The molecule has 2 heteroatoms. The van der Waals surface area contributed by atoms with Gasteiger partial charge in [0, 0.05) is 38.9 Å². The molecule has 10 aromatic rings. The van der Waals surface area contributed by atoms with Gasteiger partial charge in [-0.25, -0.2) is 0 Å². The van der Waals surface area contributed by atoms with Gasteiger partial charge in [-0.3, -0.25) is 0 Å². The van der Waals surface area contributed by atoms with Gasteiger partial charge in [-0.2, -0.15) is 0 Å². The summed E-state index contributed by atoms with van der Waals surface area (Å²) in [6, 6.07) is 79.8. The molecule has 280 valence electrons. The minimum atomic E-state index is -0.108. The Bertz CT molecular complexity index is 3130. The number of hydrogen-bond donors (Lipinski definition) is 0. The minimum absolute atomic E-state index is 0.108. The van der Waals surface area contributed by atoms with Crippen molar-refractivity contribution in [2.75, 3.05) is 4.90 Å². The lowest BCUT2D eigenvalue weighted by Gasteiger charge is -2.29. The maximum atomic E-state index is 2.42. The van der Waals surface area contributed by atoms with Crippen molar-refractivity contribution in [1.82, 2.24) is 4.57 Å². The average Bonchev–Trinajstić information content (AvgIpc) is 3.75. The van der Waals surface area contributed by atoms with Crippen LogP contribution < -0.4 is 4.90 Å². The number of benzene rings is 9. The molecular formula is C57H42N2. The third kappa shape index (κ3) is 5.87. The lowest BCUT2D eigenvalue weighted by molar-refractivity contribution is 0.660. The van der Waals surface area contributed by atoms with E-state index in [1.54, 1.807) is 0 Å². The van der Waals surface area contributed by atoms with Crippen molar-refractivity contribution in [2.45, 2.75) is 19.3 Å². The summed E-state index contributed by atoms with van der Waals surface area (Å²) in [6.45, 7) is 4.71. The predicted molar refractivity (Wildman–Crippen MR) is 249 cm³/mol. The molecule has 59 heavy (non-hydrogen) atoms. The molecule has 0 amide bonds. The summed E-state index contributed by atoms with van der Waals surface area (Å²) in [5.41, 5.74) is 19.4. The second kappa shape index (κ2) is 13.9. The van der Waals surface area contributed by atoms with Crippen molar-refractivity contribution < 1.29 is 0 Å². The normalized spacial score (nSPS) is 12.7. The van der Waals surface area contributed by atoms with E-state index in [-0.39, 0.29) is 5.41 Å². The molecule has 11 rings (SSSR count). The van der Waals surface area contributed by atoms with Crippen LogP contribution >= 0.6 is 0 Å². The number of fused-ring (bicyclic) bond motifs is 6. The first kappa shape index (κ1) is 34.8. The highest BCUT2D eigenvalue weighted by atomic mass is 15.1. The molecule has 0 spiro atoms. The molecule has 1 aromatic heterocycles. The lowest BCUT2D eigenvalue weighted by atomic mass is 9.82. The van der Waals surface area contributed by atoms with Crippen LogP contribution in [0.3, 0.4) is 0 Å². The number of hydrogen-bond acceptors (Lipinski definition) is 1. The van der Waals surface area contributed by atoms with Crippen molar-refractivity contribution in [3.63, 3.8) is 0 Å². The number of aromatic nitrogens is 1. The Morgan fingerprint density at radius 3 is 1.49 bits per heavy atom. The quantitative estimate of drug-likeness (QED) is 0.157. The van der Waals surface area contributed by atoms with E-state index < -0.39 is 0 Å². The molecule has 0 N–H and O–H groups in total. The van der Waals surface area contributed by atoms with Crippen LogP contribution in [0.1, 0.15) is 25.0 Å². The van der Waals surface area contributed by atoms with Gasteiger partial charge < -0.3 is 9.47 Å². The summed E-state index contributed by atoms with van der Waals surface area (Å²) in [6.07, 6.45) is 0. The Morgan fingerprint density at radius 1 is 0.339 bits per heavy atom. The monoisotopic (exact) mass is 754 g/mol. The second-order valence-corrected chi connectivity index (χ2v) is 16.2. The third-order valence-corrected chi connectivity index (χ3v) is 12.4. The van der Waals surface area contributed by atoms with Crippen LogP contribution in [0.5, 0.6) is 0 Å². The van der Waals surface area contributed by atoms with Gasteiger partial charge in [0.2, 0.25) is 0 Å². The van der Waals surface area contributed by atoms with Crippen LogP contribution in [0.4, 0.5) is 17.1 Å². The fourth-order valence-corrected chi connectivity index (χ4v) is 9.44. The largest absolute Gasteiger partial charge is 0.310 e. The van der Waals surface area contributed by atoms with Gasteiger partial charge in [-0.1, -0.05) is 166 Å². The number of para-hydroxylation sites is 2. The maximum absolute atomic E-state index is 2.42. The molecule has 0 unspecified atom stereocenters. The Morgan fingerprint density at radius 2 is 0.814 bits per heavy atom. The van der Waals surface area contributed by atoms with E-state index in [2.05, 4.69) is 242 Å². The van der Waals surface area contributed by atoms with Crippen molar-refractivity contribution in [1.29, 1.82) is 0 Å². The number of rotatable bonds is 7. The van der Waals surface area contributed by atoms with Gasteiger partial charge in [-0.15, -0.1) is 0 Å². The van der Waals surface area contributed by atoms with Gasteiger partial charge in [0.15, 0.2) is 0 Å². The van der Waals surface area contributed by atoms with Gasteiger partial charge in [-0.05, 0) is 122 Å². The van der Waals surface area contributed by atoms with Gasteiger partial charge in [0.1, 0.15) is 0 Å². The smallest absolute Gasteiger partial charge is 0.0541 e. The van der Waals surface area contributed by atoms with Crippen molar-refractivity contribution in [2.24, 2.45) is 0 Å². The van der Waals surface area contributed by atoms with E-state index in [9.17, 15) is 0 Å². The molecule has 0 bridgehead atoms. The number of anilines is 3. The van der Waals surface area contributed by atoms with E-state index in [1.165, 1.54) is 77.4 Å². The molecule has 1 heterocycles. The van der Waals surface area contributed by atoms with Crippen molar-refractivity contribution in [3.05, 3.63) is 230 Å². The molecular weight excluding hydrogens is 713 g/mol. The van der Waals surface area contributed by atoms with Crippen LogP contribution in [0, 0.1) is 0 Å². The zero-order chi connectivity index (χ0) is 39.5. The summed E-state index contributed by atoms with van der Waals surface area (Å²) in [4.78, 5) is 2.42. The summed E-state index contributed by atoms with van der Waals surface area (Å²) < 4.78 is 2.37. The van der Waals surface area contributed by atoms with E-state index in [0.29, 0.717) is 0 Å². The molecule has 1 aliphatic carbocycles. The van der Waals surface area contributed by atoms with Crippen molar-refractivity contribution in [3.8, 4) is 50.2 Å². The topological polar surface area (TPSA) is 8.17 Å². The molecule has 0 radical (unpaired) electrons. The predicted octanol–water partition coefficient (Wildman–Crippen LogP) is 15.6. The third-order valence-electron chi connectivity index (χ3n) is 12.4. The maximum Gasteiger partial charge on any atom is 0.0541 e. The summed E-state index contributed by atoms with van der Waals surface area (Å²) >= 11 is 0. The Kier molecular flexibility index (Phi) is 8.20. The molecule has 9 aromatic carbocycles. The zero-order valence-corrected chi connectivity index (χ0v) is 33.2. The second-order valence-electron chi connectivity index (χ2n) is 16.2. The highest BCUT2D eigenvalue weighted by Crippen LogP contribution is 2.51. The average molecular weight is 755 g/mol. The highest BCUT2D eigenvalue weighted by molar-refractivity contribution is 6.09. The first-order valence-electron chi connectivity index (χ1n) is 20.5. The first-order valence-corrected chi connectivity index (χ1v) is 20.5. The number of nitrogens with zero attached hydrogens (tertiary/aromatic N) is 2. The van der Waals surface area contributed by atoms with Gasteiger partial charge in [0.05, 0.1) is 11.0 Å². The van der Waals surface area contributed by atoms with Crippen molar-refractivity contribution >= 4 is 38.9 Å². The Balaban J connectivity index is 0.982. The zero-order valence-electron chi connectivity index (χ0n) is 33.2. The minimum Gasteiger partial charge on any atom is -0.310 e. The molecule has 0 fully saturated rings. The molecule has 0 saturated carbocycles. The van der Waals surface area contributed by atoms with Gasteiger partial charge >= 0.3 is 0 Å². The van der Waals surface area contributed by atoms with E-state index in [1.807, 2.05) is 0 Å². The highest BCUT2D eigenvalue weighted by Gasteiger charge is 2.35. The van der Waals surface area contributed by atoms with Crippen LogP contribution in [0.2, 0.25) is 0 Å². The molecule has 1 aliphatic rings. The molecule has 2 nitrogen and oxygen atoms in total. The Hall–Kier alpha value is -7.42. The summed E-state index contributed by atoms with van der Waals surface area (Å²) in [7, 11) is 0. The summed E-state index contributed by atoms with van der Waals surface area (Å²) in [5.74, 6) is 0. The van der Waals surface area contributed by atoms with Gasteiger partial charge in [0.25, 0.3) is 0 Å². The molecule has 0 atom stereocenters. The fraction of sp³-hybridized carbons (Fsp3) is 0.0526. The van der Waals surface area contributed by atoms with E-state index >= 15 is 0 Å². The molecule has 0 saturated heterocycles. The van der Waals surface area contributed by atoms with E-state index in [4.69, 9.17) is 0 Å². The Labute approximate surface area is 345 Å². The van der Waals surface area contributed by atoms with Crippen LogP contribution in [-0.2, 0) is 5.41 Å². The fourth-order valence-electron chi connectivity index (χ4n) is 9.44. The summed E-state index contributed by atoms with van der Waals surface area (Å²) in [5, 5.41) is 2.55. The SMILES string of the molecule is CC1(C)c2ccccc2-c2ccc(N(c3cccc(-c4ccccc4)c3)c3cccc(-c4cccc(-c5ccc(-n6c7ccccc7c7ccccc76)cc5)c4)c3)cc21. The standard InChI is InChI=1S/C57H42N2/c1-57(2)53-26-9-6-23-49(53)50-34-33-48(38-54(50)57)58(46-21-13-19-43(36-46)39-15-4-3-5-16-39)47-22-14-20-44(37-47)42-18-12-17-41(35-42)40-29-31-45(32-30-40)59-55-27-10-7-24-51(55)52-25-8-11-28-56(52)59/h3-38H,1-2H3. The lowest BCUT2D eigenvalue weighted by Crippen LogP contribution is -2.16. The molecule has 0 aliphatic heterocycles.